The molecule has 104 valence electrons. The van der Waals surface area contributed by atoms with Crippen LogP contribution in [0.25, 0.3) is 0 Å². The average molecular weight is 267 g/mol. The predicted octanol–water partition coefficient (Wildman–Crippen LogP) is 4.14. The van der Waals surface area contributed by atoms with Crippen LogP contribution in [0.3, 0.4) is 0 Å². The number of benzene rings is 1. The van der Waals surface area contributed by atoms with Gasteiger partial charge < -0.3 is 0 Å². The third-order valence-corrected chi connectivity index (χ3v) is 10.9. The molecular weight excluding hydrogens is 237 g/mol. The molecule has 0 amide bonds. The van der Waals surface area contributed by atoms with Crippen molar-refractivity contribution in [2.24, 2.45) is 0 Å². The molecular formula is C16H30NP. The van der Waals surface area contributed by atoms with Gasteiger partial charge in [0.05, 0.1) is 0 Å². The monoisotopic (exact) mass is 267 g/mol. The van der Waals surface area contributed by atoms with Crippen LogP contribution in [0.2, 0.25) is 0 Å². The van der Waals surface area contributed by atoms with Crippen molar-refractivity contribution in [3.05, 3.63) is 30.3 Å². The van der Waals surface area contributed by atoms with Crippen LogP contribution in [0.5, 0.6) is 0 Å². The van der Waals surface area contributed by atoms with Crippen molar-refractivity contribution in [2.75, 3.05) is 14.1 Å². The van der Waals surface area contributed by atoms with Crippen LogP contribution in [-0.4, -0.2) is 29.1 Å². The van der Waals surface area contributed by atoms with Crippen molar-refractivity contribution in [3.8, 4) is 0 Å². The first-order valence-corrected chi connectivity index (χ1v) is 8.73. The summed E-state index contributed by atoms with van der Waals surface area (Å²) in [7, 11) is 2.70. The van der Waals surface area contributed by atoms with Gasteiger partial charge in [0, 0.05) is 0 Å². The number of nitrogens with zero attached hydrogens (tertiary/aromatic N) is 1. The first kappa shape index (κ1) is 15.7. The van der Waals surface area contributed by atoms with E-state index in [1.807, 2.05) is 0 Å². The molecule has 0 aliphatic heterocycles. The van der Waals surface area contributed by atoms with Gasteiger partial charge in [-0.15, -0.1) is 0 Å². The van der Waals surface area contributed by atoms with Gasteiger partial charge >= 0.3 is 114 Å². The molecule has 0 aromatic heterocycles. The second-order valence-electron chi connectivity index (χ2n) is 7.47. The molecule has 0 radical (unpaired) electrons. The Balaban J connectivity index is 3.62. The summed E-state index contributed by atoms with van der Waals surface area (Å²) in [5, 5.41) is 2.11. The van der Waals surface area contributed by atoms with E-state index >= 15 is 0 Å². The molecule has 1 aromatic rings. The second-order valence-corrected chi connectivity index (χ2v) is 13.4. The molecule has 0 aliphatic carbocycles. The summed E-state index contributed by atoms with van der Waals surface area (Å²) in [4.78, 5) is 0. The Kier molecular flexibility index (Phi) is 4.30. The molecule has 0 aliphatic rings. The Morgan fingerprint density at radius 1 is 0.778 bits per heavy atom. The number of rotatable bonds is 2. The zero-order chi connectivity index (χ0) is 14.2. The van der Waals surface area contributed by atoms with Crippen molar-refractivity contribution in [3.63, 3.8) is 0 Å². The normalized spacial score (nSPS) is 14.9. The van der Waals surface area contributed by atoms with Crippen LogP contribution in [-0.2, 0) is 0 Å². The van der Waals surface area contributed by atoms with E-state index < -0.39 is 7.41 Å². The molecule has 18 heavy (non-hydrogen) atoms. The van der Waals surface area contributed by atoms with Gasteiger partial charge in [-0.2, -0.15) is 0 Å². The van der Waals surface area contributed by atoms with Gasteiger partial charge in [-0.3, -0.25) is 0 Å². The van der Waals surface area contributed by atoms with Crippen LogP contribution < -0.4 is 5.30 Å². The topological polar surface area (TPSA) is 3.24 Å². The molecule has 0 bridgehead atoms. The second kappa shape index (κ2) is 4.94. The van der Waals surface area contributed by atoms with Crippen LogP contribution >= 0.6 is 7.41 Å². The SMILES string of the molecule is CN(C)[PH](c1ccccc1)(C(C)(C)C)C(C)(C)C. The van der Waals surface area contributed by atoms with E-state index in [1.54, 1.807) is 0 Å². The van der Waals surface area contributed by atoms with Crippen LogP contribution in [0.1, 0.15) is 41.5 Å². The number of hydrogen-bond donors (Lipinski definition) is 0. The molecule has 1 aromatic carbocycles. The zero-order valence-electron chi connectivity index (χ0n) is 13.3. The molecule has 0 N–H and O–H groups in total. The van der Waals surface area contributed by atoms with Crippen molar-refractivity contribution in [1.29, 1.82) is 0 Å². The van der Waals surface area contributed by atoms with Gasteiger partial charge in [0.1, 0.15) is 0 Å². The van der Waals surface area contributed by atoms with E-state index in [1.165, 1.54) is 5.30 Å². The van der Waals surface area contributed by atoms with E-state index in [9.17, 15) is 0 Å². The van der Waals surface area contributed by atoms with Crippen molar-refractivity contribution in [2.45, 2.75) is 51.9 Å². The van der Waals surface area contributed by atoms with E-state index in [-0.39, 0.29) is 10.3 Å². The van der Waals surface area contributed by atoms with Gasteiger partial charge in [0.15, 0.2) is 0 Å². The molecule has 1 nitrogen and oxygen atoms in total. The van der Waals surface area contributed by atoms with E-state index in [2.05, 4.69) is 90.6 Å². The minimum atomic E-state index is -1.82. The molecule has 0 saturated carbocycles. The number of hydrogen-bond acceptors (Lipinski definition) is 1. The average Bonchev–Trinajstić information content (AvgIpc) is 2.14. The van der Waals surface area contributed by atoms with Crippen LogP contribution in [0, 0.1) is 0 Å². The Labute approximate surface area is 114 Å². The summed E-state index contributed by atoms with van der Waals surface area (Å²) < 4.78 is 2.53. The van der Waals surface area contributed by atoms with Crippen molar-refractivity contribution < 1.29 is 0 Å². The Bertz CT molecular complexity index is 368. The summed E-state index contributed by atoms with van der Waals surface area (Å²) in [5.41, 5.74) is 0. The standard InChI is InChI=1S/C16H30NP/c1-15(2,3)18(17(7)8,16(4,5)6)14-12-10-9-11-13-14/h9-13,18H,1-8H3. The Hall–Kier alpha value is -0.390. The maximum atomic E-state index is 2.53. The predicted molar refractivity (Wildman–Crippen MR) is 87.6 cm³/mol. The fraction of sp³-hybridized carbons (Fsp3) is 0.625. The fourth-order valence-corrected chi connectivity index (χ4v) is 12.1. The summed E-state index contributed by atoms with van der Waals surface area (Å²) in [6, 6.07) is 11.1. The molecule has 1 rings (SSSR count). The molecule has 0 spiro atoms. The summed E-state index contributed by atoms with van der Waals surface area (Å²) in [5.74, 6) is 0. The molecule has 0 atom stereocenters. The first-order valence-electron chi connectivity index (χ1n) is 6.78. The molecule has 0 heterocycles. The van der Waals surface area contributed by atoms with Crippen molar-refractivity contribution in [1.82, 2.24) is 4.67 Å². The third-order valence-electron chi connectivity index (χ3n) is 4.03. The maximum absolute atomic E-state index is 2.53. The third kappa shape index (κ3) is 2.36. The molecule has 0 unspecified atom stereocenters. The van der Waals surface area contributed by atoms with Gasteiger partial charge in [0.2, 0.25) is 0 Å². The van der Waals surface area contributed by atoms with Gasteiger partial charge in [0.25, 0.3) is 0 Å². The van der Waals surface area contributed by atoms with Gasteiger partial charge in [-0.25, -0.2) is 0 Å². The van der Waals surface area contributed by atoms with Crippen LogP contribution in [0.15, 0.2) is 30.3 Å². The van der Waals surface area contributed by atoms with E-state index in [4.69, 9.17) is 0 Å². The van der Waals surface area contributed by atoms with Crippen LogP contribution in [0.4, 0.5) is 0 Å². The molecule has 0 fully saturated rings. The first-order chi connectivity index (χ1) is 8.05. The van der Waals surface area contributed by atoms with Gasteiger partial charge in [-0.05, 0) is 0 Å². The Morgan fingerprint density at radius 3 is 1.44 bits per heavy atom. The quantitative estimate of drug-likeness (QED) is 0.728. The minimum absolute atomic E-state index is 0.288. The summed E-state index contributed by atoms with van der Waals surface area (Å²) in [6.07, 6.45) is 0. The van der Waals surface area contributed by atoms with E-state index in [0.717, 1.165) is 0 Å². The fourth-order valence-electron chi connectivity index (χ4n) is 4.27. The summed E-state index contributed by atoms with van der Waals surface area (Å²) in [6.45, 7) is 14.4. The zero-order valence-corrected chi connectivity index (χ0v) is 14.3. The Morgan fingerprint density at radius 2 is 1.17 bits per heavy atom. The molecule has 0 saturated heterocycles. The summed E-state index contributed by atoms with van der Waals surface area (Å²) >= 11 is 0. The molecule has 2 heteroatoms. The van der Waals surface area contributed by atoms with E-state index in [0.29, 0.717) is 0 Å². The van der Waals surface area contributed by atoms with Gasteiger partial charge in [-0.1, -0.05) is 0 Å². The van der Waals surface area contributed by atoms with Crippen molar-refractivity contribution >= 4 is 12.7 Å².